The van der Waals surface area contributed by atoms with E-state index < -0.39 is 0 Å². The molecule has 5 heteroatoms. The normalized spacial score (nSPS) is 10.1. The fraction of sp³-hybridized carbons (Fsp3) is 0.111. The van der Waals surface area contributed by atoms with Gasteiger partial charge in [0.1, 0.15) is 11.6 Å². The summed E-state index contributed by atoms with van der Waals surface area (Å²) in [5, 5.41) is 0.588. The summed E-state index contributed by atoms with van der Waals surface area (Å²) in [5.74, 6) is 1.55. The molecule has 0 aliphatic carbocycles. The van der Waals surface area contributed by atoms with Gasteiger partial charge >= 0.3 is 0 Å². The van der Waals surface area contributed by atoms with Crippen LogP contribution in [0.1, 0.15) is 5.82 Å². The van der Waals surface area contributed by atoms with E-state index in [-0.39, 0.29) is 0 Å². The van der Waals surface area contributed by atoms with Crippen molar-refractivity contribution in [3.63, 3.8) is 0 Å². The van der Waals surface area contributed by atoms with Crippen LogP contribution in [0.25, 0.3) is 0 Å². The molecule has 2 aromatic rings. The molecule has 0 N–H and O–H groups in total. The SMILES string of the molecule is Cc1nsc(Oc2cccc(I)c2)n1. The molecule has 0 amide bonds. The van der Waals surface area contributed by atoms with Crippen LogP contribution in [-0.4, -0.2) is 9.36 Å². The predicted molar refractivity (Wildman–Crippen MR) is 63.9 cm³/mol. The Morgan fingerprint density at radius 2 is 2.29 bits per heavy atom. The second-order valence-electron chi connectivity index (χ2n) is 2.67. The number of halogens is 1. The van der Waals surface area contributed by atoms with Crippen LogP contribution in [0.15, 0.2) is 24.3 Å². The number of aryl methyl sites for hydroxylation is 1. The quantitative estimate of drug-likeness (QED) is 0.798. The van der Waals surface area contributed by atoms with Gasteiger partial charge in [-0.3, -0.25) is 0 Å². The second kappa shape index (κ2) is 4.22. The van der Waals surface area contributed by atoms with E-state index in [1.165, 1.54) is 11.5 Å². The fourth-order valence-electron chi connectivity index (χ4n) is 0.951. The van der Waals surface area contributed by atoms with E-state index in [9.17, 15) is 0 Å². The smallest absolute Gasteiger partial charge is 0.298 e. The standard InChI is InChI=1S/C9H7IN2OS/c1-6-11-9(14-12-6)13-8-4-2-3-7(10)5-8/h2-5H,1H3. The second-order valence-corrected chi connectivity index (χ2v) is 4.63. The summed E-state index contributed by atoms with van der Waals surface area (Å²) >= 11 is 3.51. The van der Waals surface area contributed by atoms with Crippen LogP contribution in [0.4, 0.5) is 0 Å². The molecule has 72 valence electrons. The Kier molecular flexibility index (Phi) is 2.97. The van der Waals surface area contributed by atoms with Crippen LogP contribution < -0.4 is 4.74 Å². The molecule has 0 spiro atoms. The number of aromatic nitrogens is 2. The maximum atomic E-state index is 5.52. The number of nitrogens with zero attached hydrogens (tertiary/aromatic N) is 2. The molecule has 0 fully saturated rings. The van der Waals surface area contributed by atoms with Crippen molar-refractivity contribution >= 4 is 34.1 Å². The average Bonchev–Trinajstić information content (AvgIpc) is 2.51. The first-order valence-electron chi connectivity index (χ1n) is 3.98. The number of hydrogen-bond donors (Lipinski definition) is 0. The minimum absolute atomic E-state index is 0.588. The molecule has 1 heterocycles. The molecular weight excluding hydrogens is 311 g/mol. The molecule has 0 aliphatic rings. The van der Waals surface area contributed by atoms with Crippen molar-refractivity contribution in [3.05, 3.63) is 33.7 Å². The highest BCUT2D eigenvalue weighted by Crippen LogP contribution is 2.23. The summed E-state index contributed by atoms with van der Waals surface area (Å²) in [6, 6.07) is 7.82. The zero-order chi connectivity index (χ0) is 9.97. The van der Waals surface area contributed by atoms with Gasteiger partial charge in [0.05, 0.1) is 0 Å². The predicted octanol–water partition coefficient (Wildman–Crippen LogP) is 3.24. The summed E-state index contributed by atoms with van der Waals surface area (Å²) in [6.45, 7) is 1.85. The topological polar surface area (TPSA) is 35.0 Å². The first kappa shape index (κ1) is 9.85. The molecule has 0 atom stereocenters. The highest BCUT2D eigenvalue weighted by Gasteiger charge is 2.02. The van der Waals surface area contributed by atoms with Crippen molar-refractivity contribution < 1.29 is 4.74 Å². The molecule has 0 radical (unpaired) electrons. The Bertz CT molecular complexity index is 444. The third-order valence-corrected chi connectivity index (χ3v) is 2.87. The van der Waals surface area contributed by atoms with Crippen molar-refractivity contribution in [3.8, 4) is 10.9 Å². The Balaban J connectivity index is 2.18. The number of hydrogen-bond acceptors (Lipinski definition) is 4. The van der Waals surface area contributed by atoms with Crippen molar-refractivity contribution in [1.29, 1.82) is 0 Å². The van der Waals surface area contributed by atoms with Crippen molar-refractivity contribution in [2.24, 2.45) is 0 Å². The first-order chi connectivity index (χ1) is 6.74. The summed E-state index contributed by atoms with van der Waals surface area (Å²) in [4.78, 5) is 4.12. The van der Waals surface area contributed by atoms with E-state index in [2.05, 4.69) is 31.9 Å². The maximum Gasteiger partial charge on any atom is 0.298 e. The van der Waals surface area contributed by atoms with Gasteiger partial charge in [-0.1, -0.05) is 6.07 Å². The zero-order valence-corrected chi connectivity index (χ0v) is 10.4. The van der Waals surface area contributed by atoms with Gasteiger partial charge in [0.15, 0.2) is 0 Å². The molecule has 2 rings (SSSR count). The lowest BCUT2D eigenvalue weighted by Crippen LogP contribution is -1.83. The molecule has 0 bridgehead atoms. The van der Waals surface area contributed by atoms with Gasteiger partial charge in [-0.15, -0.1) is 0 Å². The number of rotatable bonds is 2. The van der Waals surface area contributed by atoms with Gasteiger partial charge in [-0.2, -0.15) is 9.36 Å². The Hall–Kier alpha value is -0.690. The summed E-state index contributed by atoms with van der Waals surface area (Å²) in [7, 11) is 0. The zero-order valence-electron chi connectivity index (χ0n) is 7.40. The van der Waals surface area contributed by atoms with E-state index in [1.807, 2.05) is 31.2 Å². The summed E-state index contributed by atoms with van der Waals surface area (Å²) < 4.78 is 10.7. The molecular formula is C9H7IN2OS. The van der Waals surface area contributed by atoms with E-state index in [4.69, 9.17) is 4.74 Å². The largest absolute Gasteiger partial charge is 0.430 e. The summed E-state index contributed by atoms with van der Waals surface area (Å²) in [6.07, 6.45) is 0. The molecule has 0 saturated heterocycles. The fourth-order valence-corrected chi connectivity index (χ4v) is 2.02. The lowest BCUT2D eigenvalue weighted by atomic mass is 10.3. The minimum atomic E-state index is 0.588. The van der Waals surface area contributed by atoms with Gasteiger partial charge in [-0.25, -0.2) is 0 Å². The van der Waals surface area contributed by atoms with E-state index in [0.717, 1.165) is 15.1 Å². The van der Waals surface area contributed by atoms with Gasteiger partial charge in [0.25, 0.3) is 5.19 Å². The number of benzene rings is 1. The highest BCUT2D eigenvalue weighted by molar-refractivity contribution is 14.1. The molecule has 0 aliphatic heterocycles. The van der Waals surface area contributed by atoms with Crippen molar-refractivity contribution in [2.75, 3.05) is 0 Å². The van der Waals surface area contributed by atoms with Crippen LogP contribution in [0.2, 0.25) is 0 Å². The van der Waals surface area contributed by atoms with Crippen molar-refractivity contribution in [2.45, 2.75) is 6.92 Å². The van der Waals surface area contributed by atoms with Crippen LogP contribution in [-0.2, 0) is 0 Å². The summed E-state index contributed by atoms with van der Waals surface area (Å²) in [5.41, 5.74) is 0. The number of ether oxygens (including phenoxy) is 1. The van der Waals surface area contributed by atoms with Gasteiger partial charge in [-0.05, 0) is 47.7 Å². The van der Waals surface area contributed by atoms with Crippen LogP contribution in [0, 0.1) is 10.5 Å². The lowest BCUT2D eigenvalue weighted by molar-refractivity contribution is 0.477. The molecule has 0 unspecified atom stereocenters. The van der Waals surface area contributed by atoms with E-state index in [1.54, 1.807) is 0 Å². The molecule has 14 heavy (non-hydrogen) atoms. The Morgan fingerprint density at radius 3 is 2.93 bits per heavy atom. The van der Waals surface area contributed by atoms with Gasteiger partial charge in [0, 0.05) is 15.1 Å². The monoisotopic (exact) mass is 318 g/mol. The van der Waals surface area contributed by atoms with Crippen LogP contribution >= 0.6 is 34.1 Å². The molecule has 1 aromatic carbocycles. The van der Waals surface area contributed by atoms with Gasteiger partial charge < -0.3 is 4.74 Å². The van der Waals surface area contributed by atoms with E-state index >= 15 is 0 Å². The third kappa shape index (κ3) is 2.42. The molecule has 3 nitrogen and oxygen atoms in total. The lowest BCUT2D eigenvalue weighted by Gasteiger charge is -2.00. The third-order valence-electron chi connectivity index (χ3n) is 1.51. The highest BCUT2D eigenvalue weighted by atomic mass is 127. The van der Waals surface area contributed by atoms with E-state index in [0.29, 0.717) is 5.19 Å². The van der Waals surface area contributed by atoms with Gasteiger partial charge in [0.2, 0.25) is 0 Å². The Morgan fingerprint density at radius 1 is 1.43 bits per heavy atom. The maximum absolute atomic E-state index is 5.52. The van der Waals surface area contributed by atoms with Crippen LogP contribution in [0.3, 0.4) is 0 Å². The minimum Gasteiger partial charge on any atom is -0.430 e. The average molecular weight is 318 g/mol. The Labute approximate surface area is 99.4 Å². The first-order valence-corrected chi connectivity index (χ1v) is 5.83. The molecule has 0 saturated carbocycles. The van der Waals surface area contributed by atoms with Crippen molar-refractivity contribution in [1.82, 2.24) is 9.36 Å². The molecule has 1 aromatic heterocycles. The van der Waals surface area contributed by atoms with Crippen LogP contribution in [0.5, 0.6) is 10.9 Å².